The minimum Gasteiger partial charge on any atom is -0.493 e. The van der Waals surface area contributed by atoms with Crippen LogP contribution in [0, 0.1) is 5.92 Å². The number of carbonyl (C=O) groups is 3. The lowest BCUT2D eigenvalue weighted by Crippen LogP contribution is -2.30. The summed E-state index contributed by atoms with van der Waals surface area (Å²) in [5.41, 5.74) is 3.10. The number of hydrogen-bond acceptors (Lipinski definition) is 13. The number of rotatable bonds is 22. The maximum Gasteiger partial charge on any atom is 0.344 e. The third-order valence-electron chi connectivity index (χ3n) is 10.3. The van der Waals surface area contributed by atoms with Crippen LogP contribution in [0.2, 0.25) is 0 Å². The van der Waals surface area contributed by atoms with Crippen molar-refractivity contribution in [2.45, 2.75) is 76.3 Å². The van der Waals surface area contributed by atoms with Gasteiger partial charge in [0.2, 0.25) is 0 Å². The van der Waals surface area contributed by atoms with Gasteiger partial charge in [-0.25, -0.2) is 19.2 Å². The lowest BCUT2D eigenvalue weighted by Gasteiger charge is -2.29. The van der Waals surface area contributed by atoms with E-state index in [1.807, 2.05) is 85.0 Å². The van der Waals surface area contributed by atoms with Gasteiger partial charge in [0, 0.05) is 29.0 Å². The molecule has 0 fully saturated rings. The van der Waals surface area contributed by atoms with Crippen LogP contribution in [0.5, 0.6) is 5.75 Å². The zero-order chi connectivity index (χ0) is 45.8. The van der Waals surface area contributed by atoms with E-state index in [0.29, 0.717) is 92.0 Å². The summed E-state index contributed by atoms with van der Waals surface area (Å²) in [6.07, 6.45) is 9.25. The number of hydrogen-bond donors (Lipinski definition) is 3. The number of allylic oxidation sites excluding steroid dienone is 1. The second-order valence-corrected chi connectivity index (χ2v) is 15.4. The fourth-order valence-corrected chi connectivity index (χ4v) is 6.72. The molecule has 2 aliphatic rings. The molecule has 1 aliphatic heterocycles. The predicted octanol–water partition coefficient (Wildman–Crippen LogP) is 7.58. The molecule has 4 aromatic rings. The number of benzene rings is 3. The Hall–Kier alpha value is -6.54. The molecule has 0 spiro atoms. The Kier molecular flexibility index (Phi) is 18.9. The third-order valence-corrected chi connectivity index (χ3v) is 10.3. The third kappa shape index (κ3) is 15.1. The molecule has 0 amide bonds. The summed E-state index contributed by atoms with van der Waals surface area (Å²) in [5.74, 6) is -0.186. The van der Waals surface area contributed by atoms with Crippen molar-refractivity contribution in [3.63, 3.8) is 0 Å². The highest BCUT2D eigenvalue weighted by Gasteiger charge is 2.31. The number of ether oxygens (including phenoxy) is 5. The van der Waals surface area contributed by atoms with Gasteiger partial charge in [-0.1, -0.05) is 86.0 Å². The molecule has 1 aromatic heterocycles. The van der Waals surface area contributed by atoms with Gasteiger partial charge in [0.05, 0.1) is 49.3 Å². The molecule has 13 nitrogen and oxygen atoms in total. The topological polar surface area (TPSA) is 188 Å². The lowest BCUT2D eigenvalue weighted by molar-refractivity contribution is -0.142. The van der Waals surface area contributed by atoms with Crippen molar-refractivity contribution in [1.82, 2.24) is 0 Å². The molecule has 338 valence electrons. The molecule has 5 unspecified atom stereocenters. The first-order chi connectivity index (χ1) is 30.9. The van der Waals surface area contributed by atoms with E-state index in [1.54, 1.807) is 31.2 Å². The molecule has 0 saturated heterocycles. The van der Waals surface area contributed by atoms with Gasteiger partial charge in [-0.3, -0.25) is 0 Å². The van der Waals surface area contributed by atoms with Crippen LogP contribution in [0.3, 0.4) is 0 Å². The monoisotopic (exact) mass is 876 g/mol. The van der Waals surface area contributed by atoms with Crippen LogP contribution in [-0.2, 0) is 33.3 Å². The maximum atomic E-state index is 12.4. The molecule has 6 rings (SSSR count). The molecule has 5 atom stereocenters. The van der Waals surface area contributed by atoms with Gasteiger partial charge < -0.3 is 43.4 Å². The van der Waals surface area contributed by atoms with Crippen molar-refractivity contribution in [1.29, 1.82) is 0 Å². The highest BCUT2D eigenvalue weighted by molar-refractivity contribution is 6.17. The summed E-state index contributed by atoms with van der Waals surface area (Å²) in [7, 11) is 0. The van der Waals surface area contributed by atoms with Crippen molar-refractivity contribution in [2.24, 2.45) is 5.92 Å². The number of fused-ring (bicyclic) bond motifs is 2. The van der Waals surface area contributed by atoms with E-state index in [4.69, 9.17) is 28.1 Å². The van der Waals surface area contributed by atoms with Gasteiger partial charge in [0.25, 0.3) is 0 Å². The van der Waals surface area contributed by atoms with Crippen LogP contribution < -0.4 is 10.4 Å². The Bertz CT molecular complexity index is 2340. The quantitative estimate of drug-likeness (QED) is 0.0231. The van der Waals surface area contributed by atoms with E-state index >= 15 is 0 Å². The minimum absolute atomic E-state index is 0.0490. The Morgan fingerprint density at radius 1 is 0.781 bits per heavy atom. The Balaban J connectivity index is 0.000000241. The van der Waals surface area contributed by atoms with E-state index in [0.717, 1.165) is 22.6 Å². The van der Waals surface area contributed by atoms with Gasteiger partial charge in [0.1, 0.15) is 29.8 Å². The van der Waals surface area contributed by atoms with Crippen molar-refractivity contribution in [3.8, 4) is 16.9 Å². The molecule has 3 aromatic carbocycles. The first kappa shape index (κ1) is 48.5. The van der Waals surface area contributed by atoms with Gasteiger partial charge in [-0.15, -0.1) is 0 Å². The van der Waals surface area contributed by atoms with E-state index < -0.39 is 42.0 Å². The number of esters is 3. The van der Waals surface area contributed by atoms with Crippen LogP contribution in [-0.4, -0.2) is 84.1 Å². The summed E-state index contributed by atoms with van der Waals surface area (Å²) in [4.78, 5) is 47.1. The van der Waals surface area contributed by atoms with Crippen LogP contribution in [0.1, 0.15) is 57.4 Å². The number of aliphatic hydroxyl groups is 3. The van der Waals surface area contributed by atoms with Gasteiger partial charge in [0.15, 0.2) is 0 Å². The second-order valence-electron chi connectivity index (χ2n) is 15.4. The molecular formula is C51H56O13. The van der Waals surface area contributed by atoms with Gasteiger partial charge in [-0.05, 0) is 93.3 Å². The first-order valence-electron chi connectivity index (χ1n) is 21.3. The molecule has 0 radical (unpaired) electrons. The smallest absolute Gasteiger partial charge is 0.344 e. The molecule has 1 aliphatic carbocycles. The highest BCUT2D eigenvalue weighted by atomic mass is 16.6. The zero-order valence-electron chi connectivity index (χ0n) is 36.0. The normalized spacial score (nSPS) is 16.6. The van der Waals surface area contributed by atoms with Crippen molar-refractivity contribution in [3.05, 3.63) is 156 Å². The minimum atomic E-state index is -0.902. The molecule has 64 heavy (non-hydrogen) atoms. The van der Waals surface area contributed by atoms with E-state index in [2.05, 4.69) is 13.2 Å². The average molecular weight is 877 g/mol. The SMILES string of the molecule is C=C(C)C(=O)OCCCCC(O)COC1=CC2OC(=O)C(c3ccccc3)=CC2C=C1.C=CC(=O)OCCCC(O)C(O)CCCOc1ccc2cc(-c3ccccc3)c(=O)oc2c1. The van der Waals surface area contributed by atoms with Crippen LogP contribution in [0.4, 0.5) is 0 Å². The Morgan fingerprint density at radius 3 is 2.14 bits per heavy atom. The predicted molar refractivity (Wildman–Crippen MR) is 242 cm³/mol. The molecule has 3 N–H and O–H groups in total. The fraction of sp³-hybridized carbons (Fsp3) is 0.333. The van der Waals surface area contributed by atoms with Crippen molar-refractivity contribution < 1.29 is 57.8 Å². The largest absolute Gasteiger partial charge is 0.493 e. The molecule has 13 heteroatoms. The fourth-order valence-electron chi connectivity index (χ4n) is 6.72. The van der Waals surface area contributed by atoms with E-state index in [1.165, 1.54) is 0 Å². The number of unbranched alkanes of at least 4 members (excludes halogenated alkanes) is 1. The second kappa shape index (κ2) is 24.9. The van der Waals surface area contributed by atoms with Crippen molar-refractivity contribution >= 4 is 34.5 Å². The van der Waals surface area contributed by atoms with E-state index in [9.17, 15) is 34.5 Å². The number of carbonyl (C=O) groups excluding carboxylic acids is 3. The summed E-state index contributed by atoms with van der Waals surface area (Å²) in [6.45, 7) is 9.38. The van der Waals surface area contributed by atoms with Crippen molar-refractivity contribution in [2.75, 3.05) is 26.4 Å². The zero-order valence-corrected chi connectivity index (χ0v) is 36.0. The summed E-state index contributed by atoms with van der Waals surface area (Å²) in [6, 6.07) is 25.9. The van der Waals surface area contributed by atoms with Crippen LogP contribution in [0.15, 0.2) is 149 Å². The van der Waals surface area contributed by atoms with Gasteiger partial charge in [-0.2, -0.15) is 0 Å². The standard InChI is InChI=1S/C26H28O7.C25H28O6/c1-2-25(29)32-15-7-11-23(28)22(27)10-6-14-31-20-13-12-19-16-21(18-8-4-3-5-9-18)26(30)33-24(19)17-20;1-17(2)24(27)29-13-7-6-10-20(26)16-30-21-12-11-19-14-22(18-8-4-3-5-9-18)25(28)31-23(19)15-21/h2-5,8-9,12-13,16-17,22-23,27-28H,1,6-7,10-11,14-15H2;3-5,8-9,11-12,14-15,19-20,23,26H,1,6-7,10,13,16H2,2H3. The summed E-state index contributed by atoms with van der Waals surface area (Å²) >= 11 is 0. The number of aliphatic hydroxyl groups excluding tert-OH is 3. The average Bonchev–Trinajstić information content (AvgIpc) is 3.30. The molecular weight excluding hydrogens is 821 g/mol. The van der Waals surface area contributed by atoms with E-state index in [-0.39, 0.29) is 25.1 Å². The Morgan fingerprint density at radius 2 is 1.45 bits per heavy atom. The Labute approximate surface area is 372 Å². The highest BCUT2D eigenvalue weighted by Crippen LogP contribution is 2.32. The summed E-state index contributed by atoms with van der Waals surface area (Å²) < 4.78 is 32.3. The first-order valence-corrected chi connectivity index (χ1v) is 21.3. The maximum absolute atomic E-state index is 12.4. The molecule has 0 bridgehead atoms. The van der Waals surface area contributed by atoms with Crippen LogP contribution in [0.25, 0.3) is 27.7 Å². The molecule has 0 saturated carbocycles. The van der Waals surface area contributed by atoms with Crippen LogP contribution >= 0.6 is 0 Å². The summed E-state index contributed by atoms with van der Waals surface area (Å²) in [5, 5.41) is 31.0. The lowest BCUT2D eigenvalue weighted by atomic mass is 9.90. The van der Waals surface area contributed by atoms with Gasteiger partial charge >= 0.3 is 23.5 Å². The molecule has 2 heterocycles.